The second-order valence-electron chi connectivity index (χ2n) is 6.63. The van der Waals surface area contributed by atoms with Gasteiger partial charge in [0, 0.05) is 19.8 Å². The number of carbonyl (C=O) groups is 4. The first-order valence-corrected chi connectivity index (χ1v) is 9.26. The Kier molecular flexibility index (Phi) is 5.25. The van der Waals surface area contributed by atoms with Gasteiger partial charge in [0.2, 0.25) is 5.91 Å². The van der Waals surface area contributed by atoms with E-state index in [9.17, 15) is 19.2 Å². The number of hydrogen-bond acceptors (Lipinski definition) is 7. The Bertz CT molecular complexity index is 1070. The first kappa shape index (κ1) is 19.3. The fourth-order valence-corrected chi connectivity index (χ4v) is 3.12. The zero-order valence-corrected chi connectivity index (χ0v) is 15.8. The van der Waals surface area contributed by atoms with E-state index < -0.39 is 24.4 Å². The molecule has 0 aliphatic carbocycles. The number of carbonyl (C=O) groups excluding carboxylic acids is 4. The normalized spacial score (nSPS) is 15.8. The highest BCUT2D eigenvalue weighted by atomic mass is 16.7. The van der Waals surface area contributed by atoms with Gasteiger partial charge >= 0.3 is 5.97 Å². The molecule has 0 saturated carbocycles. The number of para-hydroxylation sites is 3. The molecule has 1 saturated heterocycles. The fraction of sp³-hybridized carbons (Fsp3) is 0.190. The first-order valence-electron chi connectivity index (χ1n) is 9.26. The second-order valence-corrected chi connectivity index (χ2v) is 6.63. The van der Waals surface area contributed by atoms with E-state index in [1.54, 1.807) is 42.5 Å². The summed E-state index contributed by atoms with van der Waals surface area (Å²) in [5.41, 5.74) is 2.25. The van der Waals surface area contributed by atoms with Gasteiger partial charge in [0.05, 0.1) is 23.5 Å². The predicted molar refractivity (Wildman–Crippen MR) is 107 cm³/mol. The summed E-state index contributed by atoms with van der Waals surface area (Å²) in [6.45, 7) is -0.524. The molecule has 0 unspecified atom stereocenters. The van der Waals surface area contributed by atoms with Crippen molar-refractivity contribution < 1.29 is 30.2 Å². The fourth-order valence-electron chi connectivity index (χ4n) is 3.12. The van der Waals surface area contributed by atoms with E-state index in [4.69, 9.17) is 9.57 Å². The van der Waals surface area contributed by atoms with Gasteiger partial charge in [-0.25, -0.2) is 9.79 Å². The summed E-state index contributed by atoms with van der Waals surface area (Å²) in [5.74, 6) is -1.92. The van der Waals surface area contributed by atoms with Crippen LogP contribution in [0.25, 0.3) is 0 Å². The van der Waals surface area contributed by atoms with Gasteiger partial charge in [0.15, 0.2) is 6.61 Å². The van der Waals surface area contributed by atoms with Crippen molar-refractivity contribution in [1.29, 1.82) is 0 Å². The maximum atomic E-state index is 12.3. The number of benzene rings is 2. The minimum Gasteiger partial charge on any atom is -0.481 e. The van der Waals surface area contributed by atoms with Crippen LogP contribution in [0.3, 0.4) is 0 Å². The van der Waals surface area contributed by atoms with Crippen LogP contribution in [0.1, 0.15) is 26.3 Å². The minimum atomic E-state index is -0.890. The molecule has 2 aliphatic rings. The zero-order chi connectivity index (χ0) is 21.1. The van der Waals surface area contributed by atoms with Crippen molar-refractivity contribution in [2.24, 2.45) is 4.99 Å². The molecule has 2 aromatic carbocycles. The van der Waals surface area contributed by atoms with Gasteiger partial charge in [-0.2, -0.15) is 0 Å². The number of nitrogens with zero attached hydrogens (tertiary/aromatic N) is 2. The van der Waals surface area contributed by atoms with Crippen molar-refractivity contribution in [2.45, 2.75) is 19.3 Å². The number of rotatable bonds is 5. The lowest BCUT2D eigenvalue weighted by atomic mass is 10.1. The van der Waals surface area contributed by atoms with Crippen LogP contribution in [0, 0.1) is 0 Å². The number of hydrogen-bond donors (Lipinski definition) is 1. The van der Waals surface area contributed by atoms with Gasteiger partial charge in [0.1, 0.15) is 5.75 Å². The zero-order valence-electron chi connectivity index (χ0n) is 15.8. The standard InChI is InChI=1S/C21H17N3O6.H2/c25-18-11-16(22-14-6-2-3-7-15(14)23-18)13-5-1-4-8-17(13)29-12-21(28)30-24-19(26)9-10-20(24)27;/h1-8H,9-12H2,(H,23,25);1H. The highest BCUT2D eigenvalue weighted by Crippen LogP contribution is 2.30. The van der Waals surface area contributed by atoms with Gasteiger partial charge in [-0.3, -0.25) is 14.4 Å². The van der Waals surface area contributed by atoms with E-state index in [2.05, 4.69) is 10.3 Å². The third-order valence-corrected chi connectivity index (χ3v) is 4.50. The number of aliphatic imine (C=N–C) groups is 1. The molecule has 0 atom stereocenters. The molecule has 2 heterocycles. The number of fused-ring (bicyclic) bond motifs is 1. The SMILES string of the molecule is O=C1CC(c2ccccc2OCC(=O)ON2C(=O)CCC2=O)=Nc2ccccc2N1.[HH]. The largest absolute Gasteiger partial charge is 0.481 e. The van der Waals surface area contributed by atoms with Crippen LogP contribution in [0.4, 0.5) is 11.4 Å². The number of imide groups is 1. The molecule has 0 radical (unpaired) electrons. The molecule has 9 nitrogen and oxygen atoms in total. The summed E-state index contributed by atoms with van der Waals surface area (Å²) < 4.78 is 5.56. The van der Waals surface area contributed by atoms with Crippen LogP contribution in [-0.2, 0) is 24.0 Å². The Hall–Kier alpha value is -4.01. The molecular formula is C21H19N3O6. The Balaban J connectivity index is 0.00000272. The molecule has 2 aromatic rings. The summed E-state index contributed by atoms with van der Waals surface area (Å²) >= 11 is 0. The Morgan fingerprint density at radius 2 is 1.73 bits per heavy atom. The van der Waals surface area contributed by atoms with E-state index in [0.717, 1.165) is 0 Å². The van der Waals surface area contributed by atoms with Crippen molar-refractivity contribution >= 4 is 40.8 Å². The number of ether oxygens (including phenoxy) is 1. The van der Waals surface area contributed by atoms with Crippen molar-refractivity contribution in [1.82, 2.24) is 5.06 Å². The molecule has 154 valence electrons. The monoisotopic (exact) mass is 409 g/mol. The first-order chi connectivity index (χ1) is 14.5. The van der Waals surface area contributed by atoms with E-state index in [1.807, 2.05) is 6.07 Å². The van der Waals surface area contributed by atoms with Gasteiger partial charge in [0.25, 0.3) is 11.8 Å². The second kappa shape index (κ2) is 8.16. The van der Waals surface area contributed by atoms with Crippen LogP contribution >= 0.6 is 0 Å². The van der Waals surface area contributed by atoms with E-state index in [-0.39, 0.29) is 26.6 Å². The Morgan fingerprint density at radius 3 is 2.53 bits per heavy atom. The van der Waals surface area contributed by atoms with Crippen molar-refractivity contribution in [3.8, 4) is 5.75 Å². The Labute approximate surface area is 172 Å². The number of nitrogens with one attached hydrogen (secondary N) is 1. The van der Waals surface area contributed by atoms with Crippen LogP contribution in [-0.4, -0.2) is 41.1 Å². The molecular weight excluding hydrogens is 390 g/mol. The number of amides is 3. The smallest absolute Gasteiger partial charge is 0.370 e. The lowest BCUT2D eigenvalue weighted by Crippen LogP contribution is -2.34. The number of hydroxylamine groups is 2. The topological polar surface area (TPSA) is 114 Å². The maximum absolute atomic E-state index is 12.3. The summed E-state index contributed by atoms with van der Waals surface area (Å²) in [6.07, 6.45) is 0.0502. The highest BCUT2D eigenvalue weighted by molar-refractivity contribution is 6.17. The lowest BCUT2D eigenvalue weighted by molar-refractivity contribution is -0.198. The van der Waals surface area contributed by atoms with Crippen molar-refractivity contribution in [3.05, 3.63) is 54.1 Å². The minimum absolute atomic E-state index is 0. The molecule has 9 heteroatoms. The summed E-state index contributed by atoms with van der Waals surface area (Å²) in [7, 11) is 0. The van der Waals surface area contributed by atoms with Gasteiger partial charge in [-0.1, -0.05) is 24.3 Å². The maximum Gasteiger partial charge on any atom is 0.370 e. The summed E-state index contributed by atoms with van der Waals surface area (Å²) in [4.78, 5) is 56.8. The Morgan fingerprint density at radius 1 is 1.03 bits per heavy atom. The van der Waals surface area contributed by atoms with E-state index in [0.29, 0.717) is 33.5 Å². The van der Waals surface area contributed by atoms with Crippen LogP contribution in [0.5, 0.6) is 5.75 Å². The molecule has 1 fully saturated rings. The molecule has 0 aromatic heterocycles. The van der Waals surface area contributed by atoms with Crippen LogP contribution in [0.15, 0.2) is 53.5 Å². The third kappa shape index (κ3) is 4.04. The number of anilines is 1. The van der Waals surface area contributed by atoms with Crippen LogP contribution < -0.4 is 10.1 Å². The average Bonchev–Trinajstić information content (AvgIpc) is 2.95. The molecule has 2 aliphatic heterocycles. The quantitative estimate of drug-likeness (QED) is 0.759. The lowest BCUT2D eigenvalue weighted by Gasteiger charge is -2.14. The van der Waals surface area contributed by atoms with Crippen molar-refractivity contribution in [2.75, 3.05) is 11.9 Å². The van der Waals surface area contributed by atoms with Crippen molar-refractivity contribution in [3.63, 3.8) is 0 Å². The van der Waals surface area contributed by atoms with Crippen LogP contribution in [0.2, 0.25) is 0 Å². The highest BCUT2D eigenvalue weighted by Gasteiger charge is 2.33. The molecule has 0 bridgehead atoms. The molecule has 4 rings (SSSR count). The predicted octanol–water partition coefficient (Wildman–Crippen LogP) is 2.38. The third-order valence-electron chi connectivity index (χ3n) is 4.50. The van der Waals surface area contributed by atoms with Gasteiger partial charge in [-0.05, 0) is 24.3 Å². The summed E-state index contributed by atoms with van der Waals surface area (Å²) in [5, 5.41) is 3.27. The molecule has 0 spiro atoms. The molecule has 30 heavy (non-hydrogen) atoms. The summed E-state index contributed by atoms with van der Waals surface area (Å²) in [6, 6.07) is 14.0. The van der Waals surface area contributed by atoms with Gasteiger partial charge < -0.3 is 14.9 Å². The van der Waals surface area contributed by atoms with E-state index in [1.165, 1.54) is 0 Å². The molecule has 1 N–H and O–H groups in total. The average molecular weight is 409 g/mol. The molecule has 3 amide bonds. The van der Waals surface area contributed by atoms with Gasteiger partial charge in [-0.15, -0.1) is 5.06 Å². The van der Waals surface area contributed by atoms with E-state index >= 15 is 0 Å².